The number of aliphatic hydroxyl groups is 1. The summed E-state index contributed by atoms with van der Waals surface area (Å²) in [7, 11) is 0. The average Bonchev–Trinajstić information content (AvgIpc) is 2.51. The standard InChI is InChI=1S/C7H12N4O2/c1-7(2,6(8)13)11-4-9-10-5(11)3-12/h4,12H,3H2,1-2H3,(H2,8,13). The van der Waals surface area contributed by atoms with Crippen LogP contribution in [0, 0.1) is 0 Å². The highest BCUT2D eigenvalue weighted by molar-refractivity contribution is 5.81. The van der Waals surface area contributed by atoms with Crippen LogP contribution in [0.5, 0.6) is 0 Å². The normalized spacial score (nSPS) is 11.6. The van der Waals surface area contributed by atoms with E-state index in [9.17, 15) is 4.79 Å². The number of primary amides is 1. The third-order valence-electron chi connectivity index (χ3n) is 1.97. The number of amides is 1. The largest absolute Gasteiger partial charge is 0.388 e. The van der Waals surface area contributed by atoms with Crippen molar-refractivity contribution in [3.8, 4) is 0 Å². The zero-order valence-corrected chi connectivity index (χ0v) is 7.56. The second-order valence-corrected chi connectivity index (χ2v) is 3.20. The number of nitrogens with two attached hydrogens (primary N) is 1. The number of rotatable bonds is 3. The summed E-state index contributed by atoms with van der Waals surface area (Å²) in [6.07, 6.45) is 1.37. The Bertz CT molecular complexity index is 318. The molecule has 6 heteroatoms. The number of aromatic nitrogens is 3. The summed E-state index contributed by atoms with van der Waals surface area (Å²) in [4.78, 5) is 11.1. The van der Waals surface area contributed by atoms with E-state index in [-0.39, 0.29) is 6.61 Å². The number of nitrogens with zero attached hydrogens (tertiary/aromatic N) is 3. The number of hydrogen-bond acceptors (Lipinski definition) is 4. The highest BCUT2D eigenvalue weighted by Gasteiger charge is 2.29. The zero-order valence-electron chi connectivity index (χ0n) is 7.56. The van der Waals surface area contributed by atoms with Gasteiger partial charge in [-0.3, -0.25) is 4.79 Å². The van der Waals surface area contributed by atoms with Crippen LogP contribution in [0.2, 0.25) is 0 Å². The van der Waals surface area contributed by atoms with Crippen LogP contribution in [0.3, 0.4) is 0 Å². The van der Waals surface area contributed by atoms with E-state index < -0.39 is 11.4 Å². The molecule has 0 aliphatic rings. The first-order valence-corrected chi connectivity index (χ1v) is 3.80. The molecule has 1 aromatic heterocycles. The van der Waals surface area contributed by atoms with Crippen molar-refractivity contribution in [3.63, 3.8) is 0 Å². The molecule has 0 aliphatic heterocycles. The van der Waals surface area contributed by atoms with Gasteiger partial charge in [0.2, 0.25) is 5.91 Å². The Morgan fingerprint density at radius 2 is 2.38 bits per heavy atom. The second-order valence-electron chi connectivity index (χ2n) is 3.20. The van der Waals surface area contributed by atoms with Gasteiger partial charge < -0.3 is 15.4 Å². The van der Waals surface area contributed by atoms with Crippen LogP contribution in [0.1, 0.15) is 19.7 Å². The number of carbonyl (C=O) groups excluding carboxylic acids is 1. The quantitative estimate of drug-likeness (QED) is 0.629. The molecule has 1 amide bonds. The lowest BCUT2D eigenvalue weighted by Gasteiger charge is -2.23. The van der Waals surface area contributed by atoms with Gasteiger partial charge in [-0.1, -0.05) is 0 Å². The van der Waals surface area contributed by atoms with Gasteiger partial charge in [-0.05, 0) is 13.8 Å². The molecule has 0 radical (unpaired) electrons. The molecule has 1 heterocycles. The van der Waals surface area contributed by atoms with Gasteiger partial charge in [0.25, 0.3) is 0 Å². The zero-order chi connectivity index (χ0) is 10.1. The van der Waals surface area contributed by atoms with E-state index in [4.69, 9.17) is 10.8 Å². The van der Waals surface area contributed by atoms with Crippen molar-refractivity contribution in [2.45, 2.75) is 26.0 Å². The summed E-state index contributed by atoms with van der Waals surface area (Å²) in [6, 6.07) is 0. The van der Waals surface area contributed by atoms with Crippen molar-refractivity contribution in [2.24, 2.45) is 5.73 Å². The Morgan fingerprint density at radius 1 is 1.77 bits per heavy atom. The van der Waals surface area contributed by atoms with Gasteiger partial charge in [-0.2, -0.15) is 0 Å². The van der Waals surface area contributed by atoms with Crippen molar-refractivity contribution in [1.82, 2.24) is 14.8 Å². The first kappa shape index (κ1) is 9.66. The van der Waals surface area contributed by atoms with Gasteiger partial charge in [-0.25, -0.2) is 0 Å². The lowest BCUT2D eigenvalue weighted by atomic mass is 10.1. The van der Waals surface area contributed by atoms with Crippen LogP contribution in [0.15, 0.2) is 6.33 Å². The average molecular weight is 184 g/mol. The van der Waals surface area contributed by atoms with Crippen molar-refractivity contribution in [3.05, 3.63) is 12.2 Å². The van der Waals surface area contributed by atoms with Crippen LogP contribution < -0.4 is 5.73 Å². The molecule has 72 valence electrons. The maximum atomic E-state index is 11.1. The van der Waals surface area contributed by atoms with E-state index in [1.54, 1.807) is 13.8 Å². The maximum absolute atomic E-state index is 11.1. The molecule has 0 atom stereocenters. The third-order valence-corrected chi connectivity index (χ3v) is 1.97. The number of hydrogen-bond donors (Lipinski definition) is 2. The molecule has 3 N–H and O–H groups in total. The molecule has 0 unspecified atom stereocenters. The van der Waals surface area contributed by atoms with Gasteiger partial charge >= 0.3 is 0 Å². The van der Waals surface area contributed by atoms with Crippen LogP contribution in [0.25, 0.3) is 0 Å². The lowest BCUT2D eigenvalue weighted by molar-refractivity contribution is -0.125. The van der Waals surface area contributed by atoms with E-state index in [0.29, 0.717) is 5.82 Å². The Morgan fingerprint density at radius 3 is 2.85 bits per heavy atom. The molecule has 0 saturated heterocycles. The third kappa shape index (κ3) is 1.52. The Balaban J connectivity index is 3.13. The smallest absolute Gasteiger partial charge is 0.243 e. The van der Waals surface area contributed by atoms with Crippen molar-refractivity contribution >= 4 is 5.91 Å². The van der Waals surface area contributed by atoms with E-state index >= 15 is 0 Å². The molecule has 6 nitrogen and oxygen atoms in total. The fourth-order valence-electron chi connectivity index (χ4n) is 0.952. The van der Waals surface area contributed by atoms with Crippen molar-refractivity contribution in [1.29, 1.82) is 0 Å². The summed E-state index contributed by atoms with van der Waals surface area (Å²) in [6.45, 7) is 3.01. The molecule has 0 aromatic carbocycles. The fourth-order valence-corrected chi connectivity index (χ4v) is 0.952. The highest BCUT2D eigenvalue weighted by Crippen LogP contribution is 2.15. The SMILES string of the molecule is CC(C)(C(N)=O)n1cnnc1CO. The molecule has 0 saturated carbocycles. The number of aliphatic hydroxyl groups excluding tert-OH is 1. The van der Waals surface area contributed by atoms with Crippen molar-refractivity contribution in [2.75, 3.05) is 0 Å². The fraction of sp³-hybridized carbons (Fsp3) is 0.571. The highest BCUT2D eigenvalue weighted by atomic mass is 16.3. The molecule has 0 fully saturated rings. The molecule has 0 bridgehead atoms. The van der Waals surface area contributed by atoms with Crippen LogP contribution in [0.4, 0.5) is 0 Å². The number of carbonyl (C=O) groups is 1. The minimum Gasteiger partial charge on any atom is -0.388 e. The minimum atomic E-state index is -0.915. The molecular weight excluding hydrogens is 172 g/mol. The summed E-state index contributed by atoms with van der Waals surface area (Å²) in [5.74, 6) is -0.175. The van der Waals surface area contributed by atoms with Crippen LogP contribution in [-0.4, -0.2) is 25.8 Å². The van der Waals surface area contributed by atoms with Gasteiger partial charge in [-0.15, -0.1) is 10.2 Å². The topological polar surface area (TPSA) is 94.0 Å². The van der Waals surface area contributed by atoms with Crippen LogP contribution in [-0.2, 0) is 16.9 Å². The summed E-state index contributed by atoms with van der Waals surface area (Å²) in [5.41, 5.74) is 4.27. The Kier molecular flexibility index (Phi) is 2.33. The first-order valence-electron chi connectivity index (χ1n) is 3.80. The predicted octanol–water partition coefficient (Wildman–Crippen LogP) is -1.01. The summed E-state index contributed by atoms with van der Waals surface area (Å²) >= 11 is 0. The first-order chi connectivity index (χ1) is 6.00. The molecule has 1 rings (SSSR count). The summed E-state index contributed by atoms with van der Waals surface area (Å²) in [5, 5.41) is 16.1. The molecular formula is C7H12N4O2. The van der Waals surface area contributed by atoms with E-state index in [0.717, 1.165) is 0 Å². The Hall–Kier alpha value is -1.43. The van der Waals surface area contributed by atoms with E-state index in [1.807, 2.05) is 0 Å². The molecule has 0 aliphatic carbocycles. The molecule has 0 spiro atoms. The van der Waals surface area contributed by atoms with E-state index in [1.165, 1.54) is 10.9 Å². The van der Waals surface area contributed by atoms with Crippen molar-refractivity contribution < 1.29 is 9.90 Å². The predicted molar refractivity (Wildman–Crippen MR) is 44.5 cm³/mol. The monoisotopic (exact) mass is 184 g/mol. The van der Waals surface area contributed by atoms with Gasteiger partial charge in [0.15, 0.2) is 5.82 Å². The lowest BCUT2D eigenvalue weighted by Crippen LogP contribution is -2.41. The Labute approximate surface area is 75.4 Å². The minimum absolute atomic E-state index is 0.267. The van der Waals surface area contributed by atoms with Gasteiger partial charge in [0.05, 0.1) is 0 Å². The molecule has 13 heavy (non-hydrogen) atoms. The summed E-state index contributed by atoms with van der Waals surface area (Å²) < 4.78 is 1.45. The maximum Gasteiger partial charge on any atom is 0.243 e. The van der Waals surface area contributed by atoms with Gasteiger partial charge in [0.1, 0.15) is 18.5 Å². The second kappa shape index (κ2) is 3.14. The van der Waals surface area contributed by atoms with E-state index in [2.05, 4.69) is 10.2 Å². The van der Waals surface area contributed by atoms with Crippen LogP contribution >= 0.6 is 0 Å². The molecule has 1 aromatic rings. The van der Waals surface area contributed by atoms with Gasteiger partial charge in [0, 0.05) is 0 Å².